The van der Waals surface area contributed by atoms with Crippen LogP contribution >= 0.6 is 0 Å². The number of rotatable bonds is 2. The van der Waals surface area contributed by atoms with Crippen LogP contribution in [0.1, 0.15) is 11.1 Å². The summed E-state index contributed by atoms with van der Waals surface area (Å²) in [6.07, 6.45) is 4.17. The van der Waals surface area contributed by atoms with Gasteiger partial charge in [-0.3, -0.25) is 0 Å². The lowest BCUT2D eigenvalue weighted by atomic mass is 10.0. The first-order valence-corrected chi connectivity index (χ1v) is 4.75. The molecule has 1 heteroatoms. The predicted molar refractivity (Wildman–Crippen MR) is 57.3 cm³/mol. The molecule has 1 aromatic rings. The number of allylic oxidation sites excluding steroid dienone is 1. The Balaban J connectivity index is 2.44. The zero-order valence-electron chi connectivity index (χ0n) is 8.09. The molecule has 0 unspecified atom stereocenters. The molecule has 68 valence electrons. The number of anilines is 1. The fourth-order valence-electron chi connectivity index (χ4n) is 2.01. The second kappa shape index (κ2) is 3.25. The predicted octanol–water partition coefficient (Wildman–Crippen LogP) is 2.41. The Kier molecular flexibility index (Phi) is 2.09. The van der Waals surface area contributed by atoms with E-state index in [4.69, 9.17) is 0 Å². The van der Waals surface area contributed by atoms with Crippen LogP contribution in [-0.2, 0) is 12.8 Å². The Bertz CT molecular complexity index is 328. The van der Waals surface area contributed by atoms with E-state index in [1.165, 1.54) is 23.2 Å². The van der Waals surface area contributed by atoms with Gasteiger partial charge < -0.3 is 4.90 Å². The molecule has 0 saturated heterocycles. The molecule has 0 spiro atoms. The monoisotopic (exact) mass is 173 g/mol. The molecule has 0 fully saturated rings. The first-order valence-electron chi connectivity index (χ1n) is 4.75. The molecule has 13 heavy (non-hydrogen) atoms. The van der Waals surface area contributed by atoms with Crippen molar-refractivity contribution >= 4 is 5.69 Å². The van der Waals surface area contributed by atoms with Crippen molar-refractivity contribution in [3.8, 4) is 0 Å². The van der Waals surface area contributed by atoms with Gasteiger partial charge in [0.2, 0.25) is 0 Å². The van der Waals surface area contributed by atoms with E-state index in [-0.39, 0.29) is 0 Å². The highest BCUT2D eigenvalue weighted by Gasteiger charge is 2.17. The fraction of sp³-hybridized carbons (Fsp3) is 0.333. The van der Waals surface area contributed by atoms with Crippen molar-refractivity contribution in [2.75, 3.05) is 18.5 Å². The summed E-state index contributed by atoms with van der Waals surface area (Å²) in [5.74, 6) is 0. The first-order chi connectivity index (χ1) is 6.33. The number of likely N-dealkylation sites (N-methyl/N-ethyl adjacent to an activating group) is 1. The van der Waals surface area contributed by atoms with Gasteiger partial charge in [0.15, 0.2) is 0 Å². The standard InChI is InChI=1S/C12H15N/c1-3-5-10-6-4-7-12-11(10)8-9-13(12)2/h3-4,6-7H,1,5,8-9H2,2H3. The molecule has 2 rings (SSSR count). The van der Waals surface area contributed by atoms with Crippen LogP contribution in [0, 0.1) is 0 Å². The van der Waals surface area contributed by atoms with Crippen LogP contribution in [-0.4, -0.2) is 13.6 Å². The highest BCUT2D eigenvalue weighted by Crippen LogP contribution is 2.29. The van der Waals surface area contributed by atoms with E-state index in [0.717, 1.165) is 13.0 Å². The van der Waals surface area contributed by atoms with Crippen molar-refractivity contribution in [2.24, 2.45) is 0 Å². The van der Waals surface area contributed by atoms with Gasteiger partial charge in [-0.25, -0.2) is 0 Å². The largest absolute Gasteiger partial charge is 0.374 e. The molecule has 0 radical (unpaired) electrons. The Morgan fingerprint density at radius 2 is 2.38 bits per heavy atom. The zero-order valence-corrected chi connectivity index (χ0v) is 8.09. The van der Waals surface area contributed by atoms with Crippen molar-refractivity contribution in [1.29, 1.82) is 0 Å². The first kappa shape index (κ1) is 8.36. The molecule has 1 aliphatic heterocycles. The minimum atomic E-state index is 0.997. The van der Waals surface area contributed by atoms with Crippen molar-refractivity contribution in [2.45, 2.75) is 12.8 Å². The van der Waals surface area contributed by atoms with Crippen LogP contribution in [0.4, 0.5) is 5.69 Å². The number of hydrogen-bond donors (Lipinski definition) is 0. The molecular weight excluding hydrogens is 158 g/mol. The quantitative estimate of drug-likeness (QED) is 0.621. The summed E-state index contributed by atoms with van der Waals surface area (Å²) in [6, 6.07) is 6.55. The molecule has 0 aromatic heterocycles. The third-order valence-electron chi connectivity index (χ3n) is 2.72. The number of fused-ring (bicyclic) bond motifs is 1. The lowest BCUT2D eigenvalue weighted by molar-refractivity contribution is 0.951. The highest BCUT2D eigenvalue weighted by atomic mass is 15.1. The smallest absolute Gasteiger partial charge is 0.0399 e. The molecule has 1 nitrogen and oxygen atoms in total. The molecular formula is C12H15N. The van der Waals surface area contributed by atoms with E-state index < -0.39 is 0 Å². The van der Waals surface area contributed by atoms with Crippen LogP contribution in [0.3, 0.4) is 0 Å². The van der Waals surface area contributed by atoms with Crippen LogP contribution in [0.2, 0.25) is 0 Å². The van der Waals surface area contributed by atoms with Crippen molar-refractivity contribution in [3.05, 3.63) is 42.0 Å². The maximum Gasteiger partial charge on any atom is 0.0399 e. The van der Waals surface area contributed by atoms with Crippen LogP contribution in [0.25, 0.3) is 0 Å². The highest BCUT2D eigenvalue weighted by molar-refractivity contribution is 5.60. The number of nitrogens with zero attached hydrogens (tertiary/aromatic N) is 1. The average Bonchev–Trinajstić information content (AvgIpc) is 2.50. The molecule has 0 saturated carbocycles. The maximum atomic E-state index is 3.79. The summed E-state index contributed by atoms with van der Waals surface area (Å²) in [6.45, 7) is 4.94. The van der Waals surface area contributed by atoms with Gasteiger partial charge in [-0.15, -0.1) is 6.58 Å². The Morgan fingerprint density at radius 1 is 1.54 bits per heavy atom. The summed E-state index contributed by atoms with van der Waals surface area (Å²) in [5, 5.41) is 0. The lowest BCUT2D eigenvalue weighted by Gasteiger charge is -2.12. The molecule has 1 heterocycles. The summed E-state index contributed by atoms with van der Waals surface area (Å²) in [4.78, 5) is 2.32. The van der Waals surface area contributed by atoms with Gasteiger partial charge in [-0.1, -0.05) is 18.2 Å². The summed E-state index contributed by atoms with van der Waals surface area (Å²) < 4.78 is 0. The fourth-order valence-corrected chi connectivity index (χ4v) is 2.01. The van der Waals surface area contributed by atoms with Crippen molar-refractivity contribution < 1.29 is 0 Å². The Labute approximate surface area is 79.7 Å². The Morgan fingerprint density at radius 3 is 3.15 bits per heavy atom. The van der Waals surface area contributed by atoms with E-state index in [1.54, 1.807) is 0 Å². The lowest BCUT2D eigenvalue weighted by Crippen LogP contribution is -2.12. The topological polar surface area (TPSA) is 3.24 Å². The maximum absolute atomic E-state index is 3.79. The average molecular weight is 173 g/mol. The van der Waals surface area contributed by atoms with E-state index in [2.05, 4.69) is 36.7 Å². The van der Waals surface area contributed by atoms with Gasteiger partial charge in [-0.05, 0) is 30.0 Å². The summed E-state index contributed by atoms with van der Waals surface area (Å²) in [5.41, 5.74) is 4.36. The molecule has 1 aromatic carbocycles. The second-order valence-corrected chi connectivity index (χ2v) is 3.58. The van der Waals surface area contributed by atoms with Crippen molar-refractivity contribution in [1.82, 2.24) is 0 Å². The number of hydrogen-bond acceptors (Lipinski definition) is 1. The van der Waals surface area contributed by atoms with Crippen molar-refractivity contribution in [3.63, 3.8) is 0 Å². The zero-order chi connectivity index (χ0) is 9.26. The number of benzene rings is 1. The molecule has 0 N–H and O–H groups in total. The SMILES string of the molecule is C=CCc1cccc2c1CCN2C. The van der Waals surface area contributed by atoms with Crippen LogP contribution in [0.15, 0.2) is 30.9 Å². The van der Waals surface area contributed by atoms with E-state index in [9.17, 15) is 0 Å². The third kappa shape index (κ3) is 1.35. The summed E-state index contributed by atoms with van der Waals surface area (Å²) >= 11 is 0. The van der Waals surface area contributed by atoms with E-state index in [1.807, 2.05) is 6.08 Å². The van der Waals surface area contributed by atoms with Gasteiger partial charge in [-0.2, -0.15) is 0 Å². The summed E-state index contributed by atoms with van der Waals surface area (Å²) in [7, 11) is 2.16. The van der Waals surface area contributed by atoms with Gasteiger partial charge in [0.05, 0.1) is 0 Å². The normalized spacial score (nSPS) is 14.4. The second-order valence-electron chi connectivity index (χ2n) is 3.58. The van der Waals surface area contributed by atoms with Gasteiger partial charge >= 0.3 is 0 Å². The van der Waals surface area contributed by atoms with Crippen LogP contribution < -0.4 is 4.90 Å². The van der Waals surface area contributed by atoms with E-state index >= 15 is 0 Å². The molecule has 0 aliphatic carbocycles. The minimum Gasteiger partial charge on any atom is -0.374 e. The molecule has 0 bridgehead atoms. The van der Waals surface area contributed by atoms with Gasteiger partial charge in [0.1, 0.15) is 0 Å². The molecule has 0 atom stereocenters. The van der Waals surface area contributed by atoms with Crippen LogP contribution in [0.5, 0.6) is 0 Å². The molecule has 1 aliphatic rings. The minimum absolute atomic E-state index is 0.997. The van der Waals surface area contributed by atoms with Gasteiger partial charge in [0, 0.05) is 19.3 Å². The van der Waals surface area contributed by atoms with E-state index in [0.29, 0.717) is 0 Å². The van der Waals surface area contributed by atoms with Gasteiger partial charge in [0.25, 0.3) is 0 Å². The molecule has 0 amide bonds. The third-order valence-corrected chi connectivity index (χ3v) is 2.72. The Hall–Kier alpha value is -1.24.